The molecule has 23 heavy (non-hydrogen) atoms. The van der Waals surface area contributed by atoms with Crippen LogP contribution in [0.25, 0.3) is 0 Å². The summed E-state index contributed by atoms with van der Waals surface area (Å²) >= 11 is 0. The van der Waals surface area contributed by atoms with E-state index in [0.29, 0.717) is 6.42 Å². The van der Waals surface area contributed by atoms with Gasteiger partial charge in [-0.15, -0.1) is 0 Å². The lowest BCUT2D eigenvalue weighted by molar-refractivity contribution is -0.137. The quantitative estimate of drug-likeness (QED) is 0.252. The summed E-state index contributed by atoms with van der Waals surface area (Å²) in [6.07, 6.45) is 23.2. The largest absolute Gasteiger partial charge is 0.481 e. The minimum absolute atomic E-state index is 0.332. The van der Waals surface area contributed by atoms with Crippen molar-refractivity contribution in [3.8, 4) is 0 Å². The minimum atomic E-state index is -0.664. The van der Waals surface area contributed by atoms with Gasteiger partial charge in [-0.25, -0.2) is 0 Å². The number of rotatable bonds is 15. The van der Waals surface area contributed by atoms with E-state index in [1.54, 1.807) is 0 Å². The van der Waals surface area contributed by atoms with Crippen molar-refractivity contribution < 1.29 is 9.90 Å². The summed E-state index contributed by atoms with van der Waals surface area (Å²) in [5, 5.41) is 8.51. The van der Waals surface area contributed by atoms with Crippen LogP contribution in [-0.2, 0) is 4.79 Å². The first-order valence-electron chi connectivity index (χ1n) is 9.79. The Bertz CT molecular complexity index is 246. The molecule has 0 aromatic rings. The van der Waals surface area contributed by atoms with Crippen LogP contribution in [0.3, 0.4) is 0 Å². The van der Waals surface area contributed by atoms with E-state index in [2.05, 4.69) is 19.1 Å². The summed E-state index contributed by atoms with van der Waals surface area (Å²) in [5.41, 5.74) is 0. The molecule has 2 heteroatoms. The molecule has 137 valence electrons. The number of hydrogen-bond donors (Lipinski definition) is 1. The maximum atomic E-state index is 10.3. The Labute approximate surface area is 145 Å². The van der Waals surface area contributed by atoms with Crippen molar-refractivity contribution in [3.05, 3.63) is 18.6 Å². The van der Waals surface area contributed by atoms with E-state index in [1.807, 2.05) is 20.3 Å². The normalized spacial score (nSPS) is 10.6. The molecular formula is C21H41O2. The van der Waals surface area contributed by atoms with Crippen molar-refractivity contribution >= 4 is 5.97 Å². The number of unbranched alkanes of at least 4 members (excludes halogenated alkanes) is 11. The Morgan fingerprint density at radius 1 is 0.739 bits per heavy atom. The van der Waals surface area contributed by atoms with Crippen LogP contribution in [0.4, 0.5) is 0 Å². The zero-order valence-electron chi connectivity index (χ0n) is 16.0. The van der Waals surface area contributed by atoms with Crippen LogP contribution in [0.2, 0.25) is 0 Å². The SMILES string of the molecule is CCCCCCCC/C=C\CCCCCCCC(=O)O.C[CH]C. The smallest absolute Gasteiger partial charge is 0.303 e. The highest BCUT2D eigenvalue weighted by molar-refractivity contribution is 5.66. The fourth-order valence-corrected chi connectivity index (χ4v) is 2.35. The summed E-state index contributed by atoms with van der Waals surface area (Å²) in [6, 6.07) is 0. The van der Waals surface area contributed by atoms with Crippen LogP contribution in [0.5, 0.6) is 0 Å². The van der Waals surface area contributed by atoms with Gasteiger partial charge in [0, 0.05) is 6.42 Å². The van der Waals surface area contributed by atoms with E-state index >= 15 is 0 Å². The topological polar surface area (TPSA) is 37.3 Å². The molecule has 0 bridgehead atoms. The van der Waals surface area contributed by atoms with Gasteiger partial charge in [0.25, 0.3) is 0 Å². The number of carboxylic acids is 1. The maximum absolute atomic E-state index is 10.3. The zero-order chi connectivity index (χ0) is 17.6. The van der Waals surface area contributed by atoms with Gasteiger partial charge in [-0.2, -0.15) is 0 Å². The molecule has 0 heterocycles. The molecule has 0 aromatic heterocycles. The molecule has 1 radical (unpaired) electrons. The number of carbonyl (C=O) groups is 1. The summed E-state index contributed by atoms with van der Waals surface area (Å²) in [6.45, 7) is 6.26. The fourth-order valence-electron chi connectivity index (χ4n) is 2.35. The van der Waals surface area contributed by atoms with Crippen molar-refractivity contribution in [3.63, 3.8) is 0 Å². The molecule has 0 spiro atoms. The standard InChI is InChI=1S/C18H34O2.C3H7/c1-2-3-4-5-6-7-8-9-10-11-12-13-14-15-16-17-18(19)20;1-3-2/h9-10H,2-8,11-17H2,1H3,(H,19,20);3H,1-2H3/b10-9-;. The van der Waals surface area contributed by atoms with E-state index < -0.39 is 5.97 Å². The van der Waals surface area contributed by atoms with Crippen molar-refractivity contribution in [1.82, 2.24) is 0 Å². The molecule has 0 unspecified atom stereocenters. The van der Waals surface area contributed by atoms with Gasteiger partial charge in [0.15, 0.2) is 0 Å². The molecule has 0 aromatic carbocycles. The van der Waals surface area contributed by atoms with E-state index in [0.717, 1.165) is 12.8 Å². The molecule has 0 atom stereocenters. The minimum Gasteiger partial charge on any atom is -0.481 e. The van der Waals surface area contributed by atoms with Crippen LogP contribution < -0.4 is 0 Å². The average molecular weight is 326 g/mol. The summed E-state index contributed by atoms with van der Waals surface area (Å²) in [7, 11) is 0. The number of allylic oxidation sites excluding steroid dienone is 2. The predicted molar refractivity (Wildman–Crippen MR) is 103 cm³/mol. The van der Waals surface area contributed by atoms with E-state index in [4.69, 9.17) is 5.11 Å². The van der Waals surface area contributed by atoms with Gasteiger partial charge >= 0.3 is 5.97 Å². The highest BCUT2D eigenvalue weighted by Gasteiger charge is 1.95. The molecule has 0 saturated carbocycles. The highest BCUT2D eigenvalue weighted by Crippen LogP contribution is 2.09. The van der Waals surface area contributed by atoms with Crippen molar-refractivity contribution in [2.24, 2.45) is 0 Å². The van der Waals surface area contributed by atoms with Crippen LogP contribution in [0, 0.1) is 6.42 Å². The Kier molecular flexibility index (Phi) is 25.0. The molecule has 0 fully saturated rings. The Balaban J connectivity index is 0. The second kappa shape index (κ2) is 23.5. The second-order valence-electron chi connectivity index (χ2n) is 6.31. The van der Waals surface area contributed by atoms with Gasteiger partial charge in [-0.3, -0.25) is 4.79 Å². The molecule has 0 amide bonds. The first kappa shape index (κ1) is 24.5. The summed E-state index contributed by atoms with van der Waals surface area (Å²) in [5.74, 6) is -0.664. The van der Waals surface area contributed by atoms with Crippen molar-refractivity contribution in [2.75, 3.05) is 0 Å². The first-order valence-corrected chi connectivity index (χ1v) is 9.79. The van der Waals surface area contributed by atoms with Gasteiger partial charge in [0.1, 0.15) is 0 Å². The van der Waals surface area contributed by atoms with Crippen LogP contribution in [-0.4, -0.2) is 11.1 Å². The fraction of sp³-hybridized carbons (Fsp3) is 0.810. The molecular weight excluding hydrogens is 284 g/mol. The van der Waals surface area contributed by atoms with Gasteiger partial charge < -0.3 is 5.11 Å². The van der Waals surface area contributed by atoms with E-state index in [-0.39, 0.29) is 0 Å². The van der Waals surface area contributed by atoms with Gasteiger partial charge in [-0.05, 0) is 38.5 Å². The Hall–Kier alpha value is -0.790. The summed E-state index contributed by atoms with van der Waals surface area (Å²) in [4.78, 5) is 10.3. The molecule has 1 N–H and O–H groups in total. The van der Waals surface area contributed by atoms with E-state index in [9.17, 15) is 4.79 Å². The van der Waals surface area contributed by atoms with Crippen LogP contribution >= 0.6 is 0 Å². The maximum Gasteiger partial charge on any atom is 0.303 e. The zero-order valence-corrected chi connectivity index (χ0v) is 16.0. The Morgan fingerprint density at radius 3 is 1.57 bits per heavy atom. The van der Waals surface area contributed by atoms with Gasteiger partial charge in [0.05, 0.1) is 0 Å². The number of aliphatic carboxylic acids is 1. The second-order valence-corrected chi connectivity index (χ2v) is 6.31. The monoisotopic (exact) mass is 325 g/mol. The van der Waals surface area contributed by atoms with E-state index in [1.165, 1.54) is 70.6 Å². The van der Waals surface area contributed by atoms with Gasteiger partial charge in [0.2, 0.25) is 0 Å². The number of carboxylic acid groups (broad SMARTS) is 1. The third kappa shape index (κ3) is 29.8. The van der Waals surface area contributed by atoms with Crippen LogP contribution in [0.1, 0.15) is 111 Å². The average Bonchev–Trinajstić information content (AvgIpc) is 2.51. The third-order valence-electron chi connectivity index (χ3n) is 3.65. The van der Waals surface area contributed by atoms with Crippen molar-refractivity contribution in [1.29, 1.82) is 0 Å². The molecule has 0 aliphatic rings. The lowest BCUT2D eigenvalue weighted by Crippen LogP contribution is -1.93. The molecule has 2 nitrogen and oxygen atoms in total. The molecule has 0 saturated heterocycles. The first-order chi connectivity index (χ1) is 11.2. The number of hydrogen-bond acceptors (Lipinski definition) is 1. The molecule has 0 aliphatic carbocycles. The third-order valence-corrected chi connectivity index (χ3v) is 3.65. The molecule has 0 rings (SSSR count). The highest BCUT2D eigenvalue weighted by atomic mass is 16.4. The lowest BCUT2D eigenvalue weighted by atomic mass is 10.1. The summed E-state index contributed by atoms with van der Waals surface area (Å²) < 4.78 is 0. The van der Waals surface area contributed by atoms with Crippen LogP contribution in [0.15, 0.2) is 12.2 Å². The van der Waals surface area contributed by atoms with Crippen molar-refractivity contribution in [2.45, 2.75) is 111 Å². The molecule has 0 aliphatic heterocycles. The van der Waals surface area contributed by atoms with Gasteiger partial charge in [-0.1, -0.05) is 84.3 Å². The Morgan fingerprint density at radius 2 is 1.13 bits per heavy atom. The predicted octanol–water partition coefficient (Wildman–Crippen LogP) is 7.34. The lowest BCUT2D eigenvalue weighted by Gasteiger charge is -1.99.